The van der Waals surface area contributed by atoms with Crippen molar-refractivity contribution >= 4 is 22.0 Å². The molecule has 1 heterocycles. The second kappa shape index (κ2) is 2.64. The summed E-state index contributed by atoms with van der Waals surface area (Å²) < 4.78 is 8.36. The molecule has 0 radical (unpaired) electrons. The number of hydrogen-bond acceptors (Lipinski definition) is 4. The molecule has 0 atom stereocenters. The first-order valence-corrected chi connectivity index (χ1v) is 4.87. The van der Waals surface area contributed by atoms with Gasteiger partial charge in [0.25, 0.3) is 0 Å². The first-order chi connectivity index (χ1) is 4.97. The van der Waals surface area contributed by atoms with Crippen LogP contribution in [0.3, 0.4) is 0 Å². The van der Waals surface area contributed by atoms with Gasteiger partial charge in [-0.25, -0.2) is 8.80 Å². The second-order valence-corrected chi connectivity index (χ2v) is 3.38. The molecule has 2 rings (SSSR count). The lowest BCUT2D eigenvalue weighted by atomic mass is 10.3. The summed E-state index contributed by atoms with van der Waals surface area (Å²) in [4.78, 5) is 0. The highest BCUT2D eigenvalue weighted by molar-refractivity contribution is 8.75. The number of nitrogens with zero attached hydrogens (tertiary/aromatic N) is 2. The Kier molecular flexibility index (Phi) is 1.65. The van der Waals surface area contributed by atoms with Crippen molar-refractivity contribution in [2.24, 2.45) is 8.80 Å². The van der Waals surface area contributed by atoms with Gasteiger partial charge >= 0.3 is 0 Å². The summed E-state index contributed by atoms with van der Waals surface area (Å²) in [5.74, 6) is 0. The maximum atomic E-state index is 4.18. The van der Waals surface area contributed by atoms with Crippen molar-refractivity contribution in [3.63, 3.8) is 0 Å². The lowest BCUT2D eigenvalue weighted by molar-refractivity contribution is 1.32. The molecule has 4 heteroatoms. The summed E-state index contributed by atoms with van der Waals surface area (Å²) in [6.07, 6.45) is 0. The summed E-state index contributed by atoms with van der Waals surface area (Å²) in [5.41, 5.74) is 0. The number of rotatable bonds is 0. The van der Waals surface area contributed by atoms with Gasteiger partial charge < -0.3 is 0 Å². The third-order valence-electron chi connectivity index (χ3n) is 1.19. The van der Waals surface area contributed by atoms with E-state index in [1.54, 1.807) is 0 Å². The van der Waals surface area contributed by atoms with Crippen LogP contribution in [0.15, 0.2) is 33.1 Å². The third kappa shape index (κ3) is 1.04. The molecule has 10 heavy (non-hydrogen) atoms. The van der Waals surface area contributed by atoms with Gasteiger partial charge in [0.05, 0.1) is 32.7 Å². The maximum Gasteiger partial charge on any atom is 0.0987 e. The van der Waals surface area contributed by atoms with Gasteiger partial charge in [0.1, 0.15) is 0 Å². The van der Waals surface area contributed by atoms with E-state index in [1.165, 1.54) is 22.0 Å². The fraction of sp³-hybridized carbons (Fsp3) is 0. The van der Waals surface area contributed by atoms with Gasteiger partial charge in [0.2, 0.25) is 0 Å². The van der Waals surface area contributed by atoms with Crippen molar-refractivity contribution in [3.8, 4) is 0 Å². The third-order valence-corrected chi connectivity index (χ3v) is 2.44. The number of hydrogen-bond donors (Lipinski definition) is 0. The highest BCUT2D eigenvalue weighted by Gasteiger charge is 1.93. The molecule has 0 aromatic heterocycles. The normalized spacial score (nSPS) is 14.8. The standard InChI is InChI=1S/C6H4N2S2/c1-2-4-6-5(3-1)7-9-10-8-6/h1-4H. The van der Waals surface area contributed by atoms with Gasteiger partial charge in [-0.2, -0.15) is 0 Å². The van der Waals surface area contributed by atoms with Gasteiger partial charge in [0.15, 0.2) is 0 Å². The first-order valence-electron chi connectivity index (χ1n) is 2.81. The molecule has 2 nitrogen and oxygen atoms in total. The molecule has 0 fully saturated rings. The van der Waals surface area contributed by atoms with Crippen LogP contribution in [0, 0.1) is 0 Å². The van der Waals surface area contributed by atoms with Crippen LogP contribution >= 0.6 is 22.0 Å². The Morgan fingerprint density at radius 1 is 0.900 bits per heavy atom. The van der Waals surface area contributed by atoms with Crippen LogP contribution in [0.4, 0.5) is 0 Å². The van der Waals surface area contributed by atoms with Crippen molar-refractivity contribution in [1.82, 2.24) is 0 Å². The molecule has 1 aromatic carbocycles. The minimum Gasteiger partial charge on any atom is -0.201 e. The molecule has 0 saturated carbocycles. The van der Waals surface area contributed by atoms with Crippen molar-refractivity contribution in [3.05, 3.63) is 35.0 Å². The van der Waals surface area contributed by atoms with Crippen LogP contribution in [-0.4, -0.2) is 0 Å². The van der Waals surface area contributed by atoms with Crippen LogP contribution in [0.1, 0.15) is 0 Å². The fourth-order valence-corrected chi connectivity index (χ4v) is 1.95. The van der Waals surface area contributed by atoms with Crippen molar-refractivity contribution in [1.29, 1.82) is 0 Å². The van der Waals surface area contributed by atoms with Crippen molar-refractivity contribution in [2.75, 3.05) is 0 Å². The van der Waals surface area contributed by atoms with E-state index in [0.29, 0.717) is 0 Å². The van der Waals surface area contributed by atoms with E-state index in [4.69, 9.17) is 0 Å². The monoisotopic (exact) mass is 168 g/mol. The predicted molar refractivity (Wildman–Crippen MR) is 43.9 cm³/mol. The summed E-state index contributed by atoms with van der Waals surface area (Å²) >= 11 is 0. The smallest absolute Gasteiger partial charge is 0.0987 e. The molecule has 1 aliphatic heterocycles. The Labute approximate surface area is 66.1 Å². The van der Waals surface area contributed by atoms with Gasteiger partial charge in [-0.1, -0.05) is 12.1 Å². The summed E-state index contributed by atoms with van der Waals surface area (Å²) in [6, 6.07) is 7.86. The SMILES string of the molecule is c1ccc2c(c1)=NSSN=2. The minimum atomic E-state index is 0.978. The molecule has 0 bridgehead atoms. The van der Waals surface area contributed by atoms with Gasteiger partial charge in [0, 0.05) is 0 Å². The lowest BCUT2D eigenvalue weighted by Gasteiger charge is -1.93. The zero-order valence-corrected chi connectivity index (χ0v) is 6.65. The molecular weight excluding hydrogens is 164 g/mol. The van der Waals surface area contributed by atoms with E-state index in [-0.39, 0.29) is 0 Å². The Morgan fingerprint density at radius 2 is 1.40 bits per heavy atom. The van der Waals surface area contributed by atoms with Gasteiger partial charge in [-0.3, -0.25) is 0 Å². The molecule has 50 valence electrons. The van der Waals surface area contributed by atoms with E-state index in [0.717, 1.165) is 10.7 Å². The van der Waals surface area contributed by atoms with Crippen molar-refractivity contribution < 1.29 is 0 Å². The van der Waals surface area contributed by atoms with Crippen LogP contribution in [0.2, 0.25) is 0 Å². The van der Waals surface area contributed by atoms with E-state index in [1.807, 2.05) is 24.3 Å². The molecule has 0 saturated heterocycles. The van der Waals surface area contributed by atoms with E-state index < -0.39 is 0 Å². The fourth-order valence-electron chi connectivity index (χ4n) is 0.732. The summed E-state index contributed by atoms with van der Waals surface area (Å²) in [5, 5.41) is 1.96. The Balaban J connectivity index is 2.84. The lowest BCUT2D eigenvalue weighted by Crippen LogP contribution is -2.24. The van der Waals surface area contributed by atoms with Crippen LogP contribution in [0.25, 0.3) is 0 Å². The molecular formula is C6H4N2S2. The topological polar surface area (TPSA) is 24.7 Å². The zero-order valence-electron chi connectivity index (χ0n) is 5.02. The summed E-state index contributed by atoms with van der Waals surface area (Å²) in [6.45, 7) is 0. The van der Waals surface area contributed by atoms with E-state index in [2.05, 4.69) is 8.80 Å². The van der Waals surface area contributed by atoms with E-state index in [9.17, 15) is 0 Å². The highest BCUT2D eigenvalue weighted by Crippen LogP contribution is 2.22. The summed E-state index contributed by atoms with van der Waals surface area (Å²) in [7, 11) is 2.83. The molecule has 0 N–H and O–H groups in total. The predicted octanol–water partition coefficient (Wildman–Crippen LogP) is 1.15. The quantitative estimate of drug-likeness (QED) is 0.429. The average molecular weight is 168 g/mol. The van der Waals surface area contributed by atoms with Crippen molar-refractivity contribution in [2.45, 2.75) is 0 Å². The van der Waals surface area contributed by atoms with E-state index >= 15 is 0 Å². The molecule has 0 aliphatic carbocycles. The Hall–Kier alpha value is -0.480. The average Bonchev–Trinajstić information content (AvgIpc) is 2.05. The first kappa shape index (κ1) is 6.24. The van der Waals surface area contributed by atoms with Crippen LogP contribution in [0.5, 0.6) is 0 Å². The Bertz CT molecular complexity index is 312. The second-order valence-electron chi connectivity index (χ2n) is 1.82. The van der Waals surface area contributed by atoms with Crippen LogP contribution < -0.4 is 10.7 Å². The van der Waals surface area contributed by atoms with Crippen LogP contribution in [-0.2, 0) is 0 Å². The molecule has 1 aromatic rings. The molecule has 1 aliphatic rings. The largest absolute Gasteiger partial charge is 0.201 e. The molecule has 0 amide bonds. The minimum absolute atomic E-state index is 0.978. The Morgan fingerprint density at radius 3 is 1.90 bits per heavy atom. The number of fused-ring (bicyclic) bond motifs is 1. The molecule has 0 spiro atoms. The van der Waals surface area contributed by atoms with Gasteiger partial charge in [-0.15, -0.1) is 0 Å². The highest BCUT2D eigenvalue weighted by atomic mass is 33.1. The maximum absolute atomic E-state index is 4.18. The van der Waals surface area contributed by atoms with Gasteiger partial charge in [-0.05, 0) is 12.1 Å². The number of benzene rings is 1. The molecule has 0 unspecified atom stereocenters. The zero-order chi connectivity index (χ0) is 6.81.